The van der Waals surface area contributed by atoms with Crippen molar-refractivity contribution in [2.45, 2.75) is 18.0 Å². The van der Waals surface area contributed by atoms with Gasteiger partial charge in [0.15, 0.2) is 11.2 Å². The minimum atomic E-state index is -0.475. The number of benzene rings is 2. The zero-order valence-corrected chi connectivity index (χ0v) is 17.6. The third-order valence-corrected chi connectivity index (χ3v) is 5.68. The zero-order valence-electron chi connectivity index (χ0n) is 16.8. The molecule has 0 radical (unpaired) electrons. The van der Waals surface area contributed by atoms with Gasteiger partial charge in [-0.2, -0.15) is 0 Å². The van der Waals surface area contributed by atoms with Crippen molar-refractivity contribution in [2.75, 3.05) is 20.0 Å². The van der Waals surface area contributed by atoms with Gasteiger partial charge in [-0.05, 0) is 24.0 Å². The quantitative estimate of drug-likeness (QED) is 0.463. The van der Waals surface area contributed by atoms with Crippen molar-refractivity contribution in [3.63, 3.8) is 0 Å². The van der Waals surface area contributed by atoms with Crippen molar-refractivity contribution in [1.82, 2.24) is 19.1 Å². The molecule has 2 heterocycles. The predicted octanol–water partition coefficient (Wildman–Crippen LogP) is 2.97. The largest absolute Gasteiger partial charge is 0.383 e. The lowest BCUT2D eigenvalue weighted by atomic mass is 10.2. The Labute approximate surface area is 177 Å². The van der Waals surface area contributed by atoms with Crippen LogP contribution in [0.1, 0.15) is 5.56 Å². The van der Waals surface area contributed by atoms with Crippen molar-refractivity contribution >= 4 is 22.9 Å². The average Bonchev–Trinajstić information content (AvgIpc) is 3.15. The van der Waals surface area contributed by atoms with Crippen molar-refractivity contribution < 1.29 is 4.74 Å². The fourth-order valence-corrected chi connectivity index (χ4v) is 3.85. The summed E-state index contributed by atoms with van der Waals surface area (Å²) in [5, 5.41) is 0. The van der Waals surface area contributed by atoms with Crippen molar-refractivity contribution in [3.8, 4) is 11.4 Å². The standard InChI is InChI=1S/C22H22N4O3S/c1-29-13-12-25-18-20(23-19(25)16-8-10-17(30-2)11-9-16)26(22(28)24-21(18)27)14-15-6-4-3-5-7-15/h3-11H,12-14H2,1-2H3,(H,24,27,28). The van der Waals surface area contributed by atoms with Crippen LogP contribution in [0.25, 0.3) is 22.6 Å². The van der Waals surface area contributed by atoms with Gasteiger partial charge in [0.05, 0.1) is 13.2 Å². The average molecular weight is 423 g/mol. The number of thioether (sulfide) groups is 1. The summed E-state index contributed by atoms with van der Waals surface area (Å²) < 4.78 is 8.58. The molecule has 30 heavy (non-hydrogen) atoms. The summed E-state index contributed by atoms with van der Waals surface area (Å²) in [4.78, 5) is 33.7. The van der Waals surface area contributed by atoms with Gasteiger partial charge in [0, 0.05) is 24.1 Å². The van der Waals surface area contributed by atoms with Crippen LogP contribution in [0.5, 0.6) is 0 Å². The van der Waals surface area contributed by atoms with E-state index >= 15 is 0 Å². The number of ether oxygens (including phenoxy) is 1. The fraction of sp³-hybridized carbons (Fsp3) is 0.227. The van der Waals surface area contributed by atoms with E-state index in [0.29, 0.717) is 36.7 Å². The van der Waals surface area contributed by atoms with Gasteiger partial charge < -0.3 is 9.30 Å². The minimum absolute atomic E-state index is 0.319. The first-order chi connectivity index (χ1) is 14.6. The van der Waals surface area contributed by atoms with Crippen LogP contribution < -0.4 is 11.2 Å². The Morgan fingerprint density at radius 1 is 1.03 bits per heavy atom. The van der Waals surface area contributed by atoms with Crippen LogP contribution in [-0.4, -0.2) is 39.1 Å². The lowest BCUT2D eigenvalue weighted by Gasteiger charge is -2.09. The van der Waals surface area contributed by atoms with Crippen LogP contribution in [0.15, 0.2) is 69.1 Å². The van der Waals surface area contributed by atoms with Gasteiger partial charge in [-0.3, -0.25) is 14.3 Å². The van der Waals surface area contributed by atoms with Gasteiger partial charge in [0.1, 0.15) is 5.82 Å². The molecule has 0 unspecified atom stereocenters. The first kappa shape index (κ1) is 20.2. The number of hydrogen-bond acceptors (Lipinski definition) is 5. The van der Waals surface area contributed by atoms with Gasteiger partial charge in [0.2, 0.25) is 0 Å². The molecule has 2 aromatic carbocycles. The molecule has 2 aromatic heterocycles. The molecule has 4 aromatic rings. The van der Waals surface area contributed by atoms with Gasteiger partial charge in [-0.15, -0.1) is 11.8 Å². The highest BCUT2D eigenvalue weighted by Crippen LogP contribution is 2.25. The number of H-pyrrole nitrogens is 1. The monoisotopic (exact) mass is 422 g/mol. The normalized spacial score (nSPS) is 11.3. The van der Waals surface area contributed by atoms with Crippen LogP contribution in [-0.2, 0) is 17.8 Å². The fourth-order valence-electron chi connectivity index (χ4n) is 3.45. The smallest absolute Gasteiger partial charge is 0.330 e. The SMILES string of the molecule is COCCn1c(-c2ccc(SC)cc2)nc2c1c(=O)[nH]c(=O)n2Cc1ccccc1. The molecule has 0 amide bonds. The second kappa shape index (κ2) is 8.73. The van der Waals surface area contributed by atoms with E-state index in [2.05, 4.69) is 4.98 Å². The summed E-state index contributed by atoms with van der Waals surface area (Å²) in [5.74, 6) is 0.632. The highest BCUT2D eigenvalue weighted by atomic mass is 32.2. The Morgan fingerprint density at radius 3 is 2.43 bits per heavy atom. The van der Waals surface area contributed by atoms with Crippen LogP contribution in [0.2, 0.25) is 0 Å². The molecule has 0 bridgehead atoms. The van der Waals surface area contributed by atoms with E-state index in [1.54, 1.807) is 18.9 Å². The first-order valence-electron chi connectivity index (χ1n) is 9.53. The van der Waals surface area contributed by atoms with E-state index in [1.165, 1.54) is 4.57 Å². The molecular formula is C22H22N4O3S. The highest BCUT2D eigenvalue weighted by molar-refractivity contribution is 7.98. The number of fused-ring (bicyclic) bond motifs is 1. The molecule has 0 aliphatic heterocycles. The van der Waals surface area contributed by atoms with Crippen LogP contribution in [0.4, 0.5) is 0 Å². The maximum absolute atomic E-state index is 12.8. The number of hydrogen-bond donors (Lipinski definition) is 1. The Bertz CT molecular complexity index is 1270. The van der Waals surface area contributed by atoms with Gasteiger partial charge in [0.25, 0.3) is 5.56 Å². The summed E-state index contributed by atoms with van der Waals surface area (Å²) in [5.41, 5.74) is 1.63. The summed E-state index contributed by atoms with van der Waals surface area (Å²) >= 11 is 1.66. The number of imidazole rings is 1. The topological polar surface area (TPSA) is 81.9 Å². The lowest BCUT2D eigenvalue weighted by molar-refractivity contribution is 0.188. The summed E-state index contributed by atoms with van der Waals surface area (Å²) in [6.07, 6.45) is 2.02. The molecule has 0 saturated heterocycles. The highest BCUT2D eigenvalue weighted by Gasteiger charge is 2.19. The van der Waals surface area contributed by atoms with Gasteiger partial charge >= 0.3 is 5.69 Å². The lowest BCUT2D eigenvalue weighted by Crippen LogP contribution is -2.31. The van der Waals surface area contributed by atoms with Crippen molar-refractivity contribution in [1.29, 1.82) is 0 Å². The molecule has 154 valence electrons. The van der Waals surface area contributed by atoms with Crippen molar-refractivity contribution in [2.24, 2.45) is 0 Å². The molecule has 0 atom stereocenters. The molecule has 8 heteroatoms. The number of rotatable bonds is 7. The molecule has 4 rings (SSSR count). The van der Waals surface area contributed by atoms with Gasteiger partial charge in [-0.25, -0.2) is 9.78 Å². The predicted molar refractivity (Wildman–Crippen MR) is 119 cm³/mol. The Morgan fingerprint density at radius 2 is 1.77 bits per heavy atom. The number of aromatic nitrogens is 4. The van der Waals surface area contributed by atoms with E-state index < -0.39 is 11.2 Å². The van der Waals surface area contributed by atoms with E-state index in [1.807, 2.05) is 65.4 Å². The van der Waals surface area contributed by atoms with E-state index in [0.717, 1.165) is 16.0 Å². The molecule has 0 saturated carbocycles. The third kappa shape index (κ3) is 3.83. The first-order valence-corrected chi connectivity index (χ1v) is 10.8. The molecule has 0 fully saturated rings. The second-order valence-corrected chi connectivity index (χ2v) is 7.69. The molecule has 0 spiro atoms. The summed E-state index contributed by atoms with van der Waals surface area (Å²) in [7, 11) is 1.61. The molecular weight excluding hydrogens is 400 g/mol. The maximum Gasteiger partial charge on any atom is 0.330 e. The molecule has 7 nitrogen and oxygen atoms in total. The van der Waals surface area contributed by atoms with E-state index in [4.69, 9.17) is 9.72 Å². The van der Waals surface area contributed by atoms with E-state index in [-0.39, 0.29) is 0 Å². The third-order valence-electron chi connectivity index (χ3n) is 4.94. The Hall–Kier alpha value is -3.10. The number of nitrogens with one attached hydrogen (secondary N) is 1. The maximum atomic E-state index is 12.8. The van der Waals surface area contributed by atoms with E-state index in [9.17, 15) is 9.59 Å². The summed E-state index contributed by atoms with van der Waals surface area (Å²) in [6.45, 7) is 1.18. The van der Waals surface area contributed by atoms with Crippen LogP contribution in [0, 0.1) is 0 Å². The molecule has 0 aliphatic carbocycles. The zero-order chi connectivity index (χ0) is 21.1. The Kier molecular flexibility index (Phi) is 5.87. The number of methoxy groups -OCH3 is 1. The second-order valence-electron chi connectivity index (χ2n) is 6.81. The van der Waals surface area contributed by atoms with Gasteiger partial charge in [-0.1, -0.05) is 42.5 Å². The molecule has 1 N–H and O–H groups in total. The Balaban J connectivity index is 1.95. The molecule has 0 aliphatic rings. The minimum Gasteiger partial charge on any atom is -0.383 e. The summed E-state index contributed by atoms with van der Waals surface area (Å²) in [6, 6.07) is 17.6. The number of nitrogens with zero attached hydrogens (tertiary/aromatic N) is 3. The van der Waals surface area contributed by atoms with Crippen molar-refractivity contribution in [3.05, 3.63) is 81.0 Å². The van der Waals surface area contributed by atoms with Crippen LogP contribution in [0.3, 0.4) is 0 Å². The van der Waals surface area contributed by atoms with Crippen LogP contribution >= 0.6 is 11.8 Å². The number of aromatic amines is 1.